The Balaban J connectivity index is 1.63. The first kappa shape index (κ1) is 16.2. The van der Waals surface area contributed by atoms with Gasteiger partial charge in [0.05, 0.1) is 6.54 Å². The molecule has 4 aromatic rings. The first-order chi connectivity index (χ1) is 12.9. The summed E-state index contributed by atoms with van der Waals surface area (Å²) in [6, 6.07) is 8.06. The van der Waals surface area contributed by atoms with Crippen LogP contribution in [0.3, 0.4) is 0 Å². The molecular formula is C18H17ClN6O2. The maximum Gasteiger partial charge on any atom is 0.329 e. The highest BCUT2D eigenvalue weighted by Gasteiger charge is 2.24. The molecule has 0 fully saturated rings. The fraction of sp³-hybridized carbons (Fsp3) is 0.278. The molecule has 0 saturated heterocycles. The van der Waals surface area contributed by atoms with Crippen molar-refractivity contribution in [1.82, 2.24) is 23.7 Å². The van der Waals surface area contributed by atoms with E-state index in [9.17, 15) is 9.59 Å². The third-order valence-electron chi connectivity index (χ3n) is 5.29. The summed E-state index contributed by atoms with van der Waals surface area (Å²) in [4.78, 5) is 33.2. The standard InChI is InChI=1S/C18H17ClN6O2/c1-22-14-15(23(2)18(27)21-16(14)26)20-17(22)24-5-6-25-12(9-24)7-10-3-4-11(19)8-13(10)25/h3-4,7-8H,5-6,9H2,1-2H3,(H,21,26,27). The number of nitrogens with zero attached hydrogens (tertiary/aromatic N) is 5. The number of fused-ring (bicyclic) bond motifs is 4. The van der Waals surface area contributed by atoms with Gasteiger partial charge in [-0.15, -0.1) is 0 Å². The number of aromatic nitrogens is 5. The fourth-order valence-corrected chi connectivity index (χ4v) is 4.09. The van der Waals surface area contributed by atoms with Crippen LogP contribution in [0.2, 0.25) is 5.02 Å². The van der Waals surface area contributed by atoms with Crippen molar-refractivity contribution in [3.8, 4) is 0 Å². The molecule has 0 aliphatic carbocycles. The molecule has 0 saturated carbocycles. The van der Waals surface area contributed by atoms with Crippen molar-refractivity contribution in [1.29, 1.82) is 0 Å². The van der Waals surface area contributed by atoms with Crippen molar-refractivity contribution in [3.05, 3.63) is 55.8 Å². The summed E-state index contributed by atoms with van der Waals surface area (Å²) in [7, 11) is 3.41. The molecule has 1 aliphatic heterocycles. The highest BCUT2D eigenvalue weighted by Crippen LogP contribution is 2.29. The summed E-state index contributed by atoms with van der Waals surface area (Å²) >= 11 is 6.15. The predicted octanol–water partition coefficient (Wildman–Crippen LogP) is 1.59. The normalized spacial score (nSPS) is 14.3. The van der Waals surface area contributed by atoms with Crippen LogP contribution >= 0.6 is 11.6 Å². The van der Waals surface area contributed by atoms with Gasteiger partial charge in [-0.2, -0.15) is 4.98 Å². The number of hydrogen-bond donors (Lipinski definition) is 1. The van der Waals surface area contributed by atoms with Crippen LogP contribution in [0.15, 0.2) is 33.9 Å². The van der Waals surface area contributed by atoms with E-state index in [4.69, 9.17) is 11.6 Å². The fourth-order valence-electron chi connectivity index (χ4n) is 3.93. The van der Waals surface area contributed by atoms with E-state index in [1.165, 1.54) is 4.57 Å². The molecule has 9 heteroatoms. The number of benzene rings is 1. The van der Waals surface area contributed by atoms with E-state index in [1.54, 1.807) is 18.7 Å². The lowest BCUT2D eigenvalue weighted by Gasteiger charge is -2.29. The number of aryl methyl sites for hydroxylation is 2. The number of H-pyrrole nitrogens is 1. The van der Waals surface area contributed by atoms with Crippen molar-refractivity contribution in [3.63, 3.8) is 0 Å². The maximum atomic E-state index is 12.3. The largest absolute Gasteiger partial charge is 0.341 e. The molecule has 1 N–H and O–H groups in total. The van der Waals surface area contributed by atoms with E-state index >= 15 is 0 Å². The molecule has 1 aromatic carbocycles. The zero-order valence-electron chi connectivity index (χ0n) is 14.9. The van der Waals surface area contributed by atoms with Crippen LogP contribution in [0.5, 0.6) is 0 Å². The number of halogens is 1. The zero-order valence-corrected chi connectivity index (χ0v) is 15.6. The average Bonchev–Trinajstić information content (AvgIpc) is 3.17. The second-order valence-corrected chi connectivity index (χ2v) is 7.31. The van der Waals surface area contributed by atoms with E-state index in [2.05, 4.69) is 25.5 Å². The third kappa shape index (κ3) is 2.26. The minimum absolute atomic E-state index is 0.388. The Bertz CT molecular complexity index is 1340. The van der Waals surface area contributed by atoms with Crippen LogP contribution in [0, 0.1) is 0 Å². The molecule has 4 heterocycles. The zero-order chi connectivity index (χ0) is 18.9. The summed E-state index contributed by atoms with van der Waals surface area (Å²) < 4.78 is 5.38. The second-order valence-electron chi connectivity index (χ2n) is 6.87. The molecule has 0 radical (unpaired) electrons. The van der Waals surface area contributed by atoms with Gasteiger partial charge < -0.3 is 14.0 Å². The van der Waals surface area contributed by atoms with Gasteiger partial charge in [0.15, 0.2) is 11.2 Å². The van der Waals surface area contributed by atoms with Crippen molar-refractivity contribution in [2.75, 3.05) is 11.4 Å². The monoisotopic (exact) mass is 384 g/mol. The van der Waals surface area contributed by atoms with Gasteiger partial charge in [0, 0.05) is 48.8 Å². The predicted molar refractivity (Wildman–Crippen MR) is 105 cm³/mol. The molecule has 5 rings (SSSR count). The van der Waals surface area contributed by atoms with Gasteiger partial charge in [0.1, 0.15) is 0 Å². The van der Waals surface area contributed by atoms with E-state index in [0.29, 0.717) is 23.7 Å². The molecule has 27 heavy (non-hydrogen) atoms. The van der Waals surface area contributed by atoms with Gasteiger partial charge in [0.2, 0.25) is 5.95 Å². The van der Waals surface area contributed by atoms with Crippen LogP contribution < -0.4 is 16.1 Å². The van der Waals surface area contributed by atoms with Gasteiger partial charge in [0.25, 0.3) is 5.56 Å². The second kappa shape index (κ2) is 5.50. The first-order valence-electron chi connectivity index (χ1n) is 8.62. The molecule has 0 amide bonds. The molecule has 3 aromatic heterocycles. The van der Waals surface area contributed by atoms with E-state index in [-0.39, 0.29) is 0 Å². The average molecular weight is 385 g/mol. The van der Waals surface area contributed by atoms with Crippen LogP contribution in [0.4, 0.5) is 5.95 Å². The minimum atomic E-state index is -0.465. The van der Waals surface area contributed by atoms with Gasteiger partial charge in [-0.25, -0.2) is 4.79 Å². The van der Waals surface area contributed by atoms with Gasteiger partial charge >= 0.3 is 5.69 Å². The smallest absolute Gasteiger partial charge is 0.329 e. The Hall–Kier alpha value is -3.00. The first-order valence-corrected chi connectivity index (χ1v) is 9.00. The molecule has 1 aliphatic rings. The molecule has 138 valence electrons. The lowest BCUT2D eigenvalue weighted by atomic mass is 10.2. The topological polar surface area (TPSA) is 80.8 Å². The van der Waals surface area contributed by atoms with E-state index in [0.717, 1.165) is 34.7 Å². The highest BCUT2D eigenvalue weighted by molar-refractivity contribution is 6.31. The summed E-state index contributed by atoms with van der Waals surface area (Å²) in [5, 5.41) is 1.88. The van der Waals surface area contributed by atoms with E-state index in [1.807, 2.05) is 18.2 Å². The van der Waals surface area contributed by atoms with Gasteiger partial charge in [-0.1, -0.05) is 17.7 Å². The Morgan fingerprint density at radius 3 is 2.74 bits per heavy atom. The number of hydrogen-bond acceptors (Lipinski definition) is 4. The van der Waals surface area contributed by atoms with Crippen LogP contribution in [0.25, 0.3) is 22.1 Å². The summed E-state index contributed by atoms with van der Waals surface area (Å²) in [6.45, 7) is 2.19. The minimum Gasteiger partial charge on any atom is -0.341 e. The Morgan fingerprint density at radius 1 is 1.11 bits per heavy atom. The van der Waals surface area contributed by atoms with Crippen LogP contribution in [-0.4, -0.2) is 30.2 Å². The summed E-state index contributed by atoms with van der Waals surface area (Å²) in [6.07, 6.45) is 0. The molecule has 0 unspecified atom stereocenters. The van der Waals surface area contributed by atoms with Gasteiger partial charge in [-0.3, -0.25) is 14.3 Å². The molecule has 0 bridgehead atoms. The van der Waals surface area contributed by atoms with Crippen molar-refractivity contribution < 1.29 is 0 Å². The molecule has 8 nitrogen and oxygen atoms in total. The molecule has 0 spiro atoms. The number of rotatable bonds is 1. The Morgan fingerprint density at radius 2 is 1.93 bits per heavy atom. The summed E-state index contributed by atoms with van der Waals surface area (Å²) in [5.41, 5.74) is 2.18. The van der Waals surface area contributed by atoms with Crippen molar-refractivity contribution in [2.45, 2.75) is 13.1 Å². The third-order valence-corrected chi connectivity index (χ3v) is 5.53. The quantitative estimate of drug-likeness (QED) is 0.540. The Labute approximate surface area is 158 Å². The van der Waals surface area contributed by atoms with Crippen molar-refractivity contribution in [2.24, 2.45) is 14.1 Å². The van der Waals surface area contributed by atoms with E-state index < -0.39 is 11.2 Å². The van der Waals surface area contributed by atoms with Crippen molar-refractivity contribution >= 4 is 39.6 Å². The number of anilines is 1. The lowest BCUT2D eigenvalue weighted by Crippen LogP contribution is -2.35. The van der Waals surface area contributed by atoms with Gasteiger partial charge in [-0.05, 0) is 18.2 Å². The van der Waals surface area contributed by atoms with Crippen LogP contribution in [-0.2, 0) is 27.2 Å². The summed E-state index contributed by atoms with van der Waals surface area (Å²) in [5.74, 6) is 0.672. The lowest BCUT2D eigenvalue weighted by molar-refractivity contribution is 0.570. The number of aromatic amines is 1. The molecule has 0 atom stereocenters. The van der Waals surface area contributed by atoms with Crippen LogP contribution in [0.1, 0.15) is 5.69 Å². The molecular weight excluding hydrogens is 368 g/mol. The maximum absolute atomic E-state index is 12.3. The Kier molecular flexibility index (Phi) is 3.30. The number of nitrogens with one attached hydrogen (secondary N) is 1. The SMILES string of the molecule is Cn1c(N2CCn3c(cc4ccc(Cl)cc43)C2)nc2c1c(=O)[nH]c(=O)n2C. The highest BCUT2D eigenvalue weighted by atomic mass is 35.5. The number of imidazole rings is 1.